The second kappa shape index (κ2) is 2.01. The van der Waals surface area contributed by atoms with Crippen molar-refractivity contribution < 1.29 is 4.79 Å². The predicted molar refractivity (Wildman–Crippen MR) is 22.1 cm³/mol. The van der Waals surface area contributed by atoms with E-state index in [1.54, 1.807) is 0 Å². The summed E-state index contributed by atoms with van der Waals surface area (Å²) >= 11 is 0. The molecule has 0 spiro atoms. The Kier molecular flexibility index (Phi) is 1.18. The van der Waals surface area contributed by atoms with Crippen LogP contribution < -0.4 is 5.43 Å². The maximum atomic E-state index is 9.62. The van der Waals surface area contributed by atoms with Crippen molar-refractivity contribution >= 4 is 6.41 Å². The third kappa shape index (κ3) is 0.780. The van der Waals surface area contributed by atoms with Crippen molar-refractivity contribution in [2.75, 3.05) is 5.43 Å². The minimum Gasteiger partial charge on any atom is -0.277 e. The van der Waals surface area contributed by atoms with E-state index in [1.165, 1.54) is 0 Å². The molecule has 1 rings (SSSR count). The van der Waals surface area contributed by atoms with Gasteiger partial charge >= 0.3 is 0 Å². The number of aromatic nitrogens is 4. The first kappa shape index (κ1) is 4.69. The maximum Gasteiger partial charge on any atom is 0.245 e. The fraction of sp³-hybridized carbons (Fsp3) is 0. The van der Waals surface area contributed by atoms with E-state index in [9.17, 15) is 4.79 Å². The van der Waals surface area contributed by atoms with Crippen LogP contribution in [-0.4, -0.2) is 26.7 Å². The van der Waals surface area contributed by atoms with Crippen molar-refractivity contribution in [3.05, 3.63) is 6.33 Å². The average molecular weight is 112 g/mol. The van der Waals surface area contributed by atoms with Crippen molar-refractivity contribution in [3.63, 3.8) is 0 Å². The largest absolute Gasteiger partial charge is 0.277 e. The van der Waals surface area contributed by atoms with Crippen LogP contribution in [0, 0.1) is 6.33 Å². The summed E-state index contributed by atoms with van der Waals surface area (Å²) in [6, 6.07) is 0. The lowest BCUT2D eigenvalue weighted by Gasteiger charge is -1.86. The van der Waals surface area contributed by atoms with Crippen molar-refractivity contribution in [1.82, 2.24) is 20.3 Å². The molecule has 1 aromatic heterocycles. The Labute approximate surface area is 44.5 Å². The van der Waals surface area contributed by atoms with Crippen molar-refractivity contribution in [3.8, 4) is 0 Å². The lowest BCUT2D eigenvalue weighted by atomic mass is 11.3. The summed E-state index contributed by atoms with van der Waals surface area (Å²) in [6.45, 7) is 0. The fourth-order valence-corrected chi connectivity index (χ4v) is 0.247. The first-order valence-corrected chi connectivity index (χ1v) is 1.80. The van der Waals surface area contributed by atoms with Crippen LogP contribution in [0.25, 0.3) is 0 Å². The lowest BCUT2D eigenvalue weighted by molar-refractivity contribution is -0.106. The van der Waals surface area contributed by atoms with Gasteiger partial charge in [-0.1, -0.05) is 0 Å². The summed E-state index contributed by atoms with van der Waals surface area (Å²) in [5, 5.41) is 9.59. The molecule has 0 bridgehead atoms. The molecular formula is C2H2N5O. The zero-order valence-electron chi connectivity index (χ0n) is 3.77. The van der Waals surface area contributed by atoms with E-state index < -0.39 is 0 Å². The van der Waals surface area contributed by atoms with Crippen LogP contribution in [-0.2, 0) is 4.79 Å². The molecule has 1 heterocycles. The summed E-state index contributed by atoms with van der Waals surface area (Å²) in [5.41, 5.74) is 2.13. The number of carbonyl (C=O) groups is 1. The topological polar surface area (TPSA) is 72.7 Å². The number of nitrogens with zero attached hydrogens (tertiary/aromatic N) is 4. The smallest absolute Gasteiger partial charge is 0.245 e. The van der Waals surface area contributed by atoms with Crippen molar-refractivity contribution in [2.45, 2.75) is 0 Å². The van der Waals surface area contributed by atoms with Gasteiger partial charge in [0, 0.05) is 0 Å². The van der Waals surface area contributed by atoms with Gasteiger partial charge in [0.1, 0.15) is 0 Å². The van der Waals surface area contributed by atoms with E-state index in [1.807, 2.05) is 0 Å². The van der Waals surface area contributed by atoms with E-state index >= 15 is 0 Å². The Hall–Kier alpha value is -1.46. The van der Waals surface area contributed by atoms with Gasteiger partial charge in [-0.25, -0.2) is 5.43 Å². The molecule has 8 heavy (non-hydrogen) atoms. The van der Waals surface area contributed by atoms with Gasteiger partial charge < -0.3 is 0 Å². The third-order valence-corrected chi connectivity index (χ3v) is 0.489. The number of amides is 1. The SMILES string of the molecule is O=CNn1[c]nnn1. The molecule has 1 amide bonds. The normalized spacial score (nSPS) is 8.50. The molecule has 0 aliphatic rings. The lowest BCUT2D eigenvalue weighted by Crippen LogP contribution is -2.12. The molecule has 1 radical (unpaired) electrons. The molecule has 0 aliphatic heterocycles. The quantitative estimate of drug-likeness (QED) is 0.457. The molecule has 0 aliphatic carbocycles. The highest BCUT2D eigenvalue weighted by Gasteiger charge is 1.84. The summed E-state index contributed by atoms with van der Waals surface area (Å²) in [6.07, 6.45) is 2.69. The van der Waals surface area contributed by atoms with Crippen LogP contribution in [0.3, 0.4) is 0 Å². The Morgan fingerprint density at radius 3 is 3.12 bits per heavy atom. The zero-order chi connectivity index (χ0) is 5.82. The van der Waals surface area contributed by atoms with Gasteiger partial charge in [-0.2, -0.15) is 0 Å². The van der Waals surface area contributed by atoms with Gasteiger partial charge in [0.2, 0.25) is 12.7 Å². The number of carbonyl (C=O) groups excluding carboxylic acids is 1. The Bertz CT molecular complexity index is 157. The number of hydrogen-bond donors (Lipinski definition) is 1. The highest BCUT2D eigenvalue weighted by atomic mass is 16.1. The average Bonchev–Trinajstić information content (AvgIpc) is 2.19. The van der Waals surface area contributed by atoms with Crippen LogP contribution >= 0.6 is 0 Å². The van der Waals surface area contributed by atoms with Crippen LogP contribution in [0.2, 0.25) is 0 Å². The summed E-state index contributed by atoms with van der Waals surface area (Å²) in [7, 11) is 0. The molecule has 0 saturated heterocycles. The van der Waals surface area contributed by atoms with E-state index in [0.29, 0.717) is 6.41 Å². The molecule has 6 nitrogen and oxygen atoms in total. The minimum absolute atomic E-state index is 0.451. The first-order chi connectivity index (χ1) is 3.93. The summed E-state index contributed by atoms with van der Waals surface area (Å²) in [4.78, 5) is 10.6. The van der Waals surface area contributed by atoms with Crippen molar-refractivity contribution in [2.24, 2.45) is 0 Å². The van der Waals surface area contributed by atoms with Gasteiger partial charge in [-0.3, -0.25) is 4.79 Å². The van der Waals surface area contributed by atoms with Crippen LogP contribution in [0.1, 0.15) is 0 Å². The van der Waals surface area contributed by atoms with Crippen LogP contribution in [0.15, 0.2) is 0 Å². The number of hydrogen-bond acceptors (Lipinski definition) is 4. The standard InChI is InChI=1S/C2H2N5O/c8-2-4-7-1-3-5-6-7/h2H,(H,4,8). The molecule has 0 aromatic carbocycles. The molecule has 1 N–H and O–H groups in total. The monoisotopic (exact) mass is 112 g/mol. The first-order valence-electron chi connectivity index (χ1n) is 1.80. The van der Waals surface area contributed by atoms with E-state index in [4.69, 9.17) is 0 Å². The summed E-state index contributed by atoms with van der Waals surface area (Å²) < 4.78 is 0. The molecule has 6 heteroatoms. The van der Waals surface area contributed by atoms with E-state index in [2.05, 4.69) is 27.3 Å². The fourth-order valence-electron chi connectivity index (χ4n) is 0.247. The van der Waals surface area contributed by atoms with Gasteiger partial charge in [-0.15, -0.1) is 9.89 Å². The number of nitrogens with one attached hydrogen (secondary N) is 1. The van der Waals surface area contributed by atoms with Gasteiger partial charge in [0.05, 0.1) is 0 Å². The Morgan fingerprint density at radius 2 is 2.62 bits per heavy atom. The molecule has 1 aromatic rings. The van der Waals surface area contributed by atoms with Gasteiger partial charge in [0.15, 0.2) is 0 Å². The zero-order valence-corrected chi connectivity index (χ0v) is 3.77. The van der Waals surface area contributed by atoms with E-state index in [-0.39, 0.29) is 0 Å². The molecule has 0 unspecified atom stereocenters. The van der Waals surface area contributed by atoms with Crippen LogP contribution in [0.5, 0.6) is 0 Å². The second-order valence-electron chi connectivity index (χ2n) is 0.938. The van der Waals surface area contributed by atoms with Crippen LogP contribution in [0.4, 0.5) is 0 Å². The minimum atomic E-state index is 0.451. The number of tetrazole rings is 1. The Balaban J connectivity index is 2.62. The number of rotatable bonds is 2. The van der Waals surface area contributed by atoms with Gasteiger partial charge in [-0.05, 0) is 10.4 Å². The van der Waals surface area contributed by atoms with E-state index in [0.717, 1.165) is 4.79 Å². The maximum absolute atomic E-state index is 9.62. The molecular weight excluding hydrogens is 110 g/mol. The second-order valence-corrected chi connectivity index (χ2v) is 0.938. The highest BCUT2D eigenvalue weighted by Crippen LogP contribution is 1.59. The molecule has 0 fully saturated rings. The van der Waals surface area contributed by atoms with Crippen molar-refractivity contribution in [1.29, 1.82) is 0 Å². The molecule has 41 valence electrons. The highest BCUT2D eigenvalue weighted by molar-refractivity contribution is 5.55. The Morgan fingerprint density at radius 1 is 1.75 bits per heavy atom. The summed E-state index contributed by atoms with van der Waals surface area (Å²) in [5.74, 6) is 0. The van der Waals surface area contributed by atoms with Gasteiger partial charge in [0.25, 0.3) is 0 Å². The molecule has 0 atom stereocenters. The third-order valence-electron chi connectivity index (χ3n) is 0.489. The predicted octanol–water partition coefficient (Wildman–Crippen LogP) is -1.83. The molecule has 0 saturated carbocycles.